The highest BCUT2D eigenvalue weighted by Crippen LogP contribution is 2.28. The standard InChI is InChI=1S/C20H25N5O3S/c1-11-7-8-12(2)14(9-11)25(10-15(26)23-13-5-3-4-6-13)20(28)18-16(21)17(19(22)27)24-29-18/h7-9,13H,3-6,10,21H2,1-2H3,(H2,22,27)(H,23,26). The zero-order valence-corrected chi connectivity index (χ0v) is 17.3. The molecule has 0 atom stereocenters. The van der Waals surface area contributed by atoms with Gasteiger partial charge in [-0.2, -0.15) is 4.37 Å². The Kier molecular flexibility index (Phi) is 6.17. The number of nitrogens with zero attached hydrogens (tertiary/aromatic N) is 2. The molecule has 1 saturated carbocycles. The molecule has 1 fully saturated rings. The molecule has 0 radical (unpaired) electrons. The van der Waals surface area contributed by atoms with Crippen LogP contribution in [0.4, 0.5) is 11.4 Å². The predicted octanol–water partition coefficient (Wildman–Crippen LogP) is 2.15. The first-order chi connectivity index (χ1) is 13.8. The van der Waals surface area contributed by atoms with Gasteiger partial charge in [-0.05, 0) is 55.4 Å². The molecule has 1 heterocycles. The Hall–Kier alpha value is -2.94. The van der Waals surface area contributed by atoms with Gasteiger partial charge in [-0.1, -0.05) is 25.0 Å². The van der Waals surface area contributed by atoms with Crippen LogP contribution in [0.3, 0.4) is 0 Å². The maximum atomic E-state index is 13.3. The van der Waals surface area contributed by atoms with Crippen LogP contribution in [0.2, 0.25) is 0 Å². The summed E-state index contributed by atoms with van der Waals surface area (Å²) in [6.07, 6.45) is 4.09. The third-order valence-corrected chi connectivity index (χ3v) is 5.93. The number of benzene rings is 1. The highest BCUT2D eigenvalue weighted by molar-refractivity contribution is 7.09. The highest BCUT2D eigenvalue weighted by Gasteiger charge is 2.29. The van der Waals surface area contributed by atoms with E-state index in [1.165, 1.54) is 4.90 Å². The van der Waals surface area contributed by atoms with Crippen LogP contribution in [-0.4, -0.2) is 34.7 Å². The number of anilines is 2. The van der Waals surface area contributed by atoms with E-state index < -0.39 is 11.8 Å². The Bertz CT molecular complexity index is 950. The van der Waals surface area contributed by atoms with Crippen LogP contribution in [0.1, 0.15) is 57.0 Å². The van der Waals surface area contributed by atoms with Gasteiger partial charge in [-0.25, -0.2) is 0 Å². The Morgan fingerprint density at radius 3 is 2.55 bits per heavy atom. The number of nitrogen functional groups attached to an aromatic ring is 1. The first-order valence-corrected chi connectivity index (χ1v) is 10.3. The summed E-state index contributed by atoms with van der Waals surface area (Å²) in [5.74, 6) is -1.51. The molecule has 0 bridgehead atoms. The number of primary amides is 1. The van der Waals surface area contributed by atoms with E-state index in [1.54, 1.807) is 0 Å². The average molecular weight is 416 g/mol. The van der Waals surface area contributed by atoms with E-state index in [1.807, 2.05) is 32.0 Å². The third-order valence-electron chi connectivity index (χ3n) is 5.08. The summed E-state index contributed by atoms with van der Waals surface area (Å²) in [6, 6.07) is 5.83. The molecule has 29 heavy (non-hydrogen) atoms. The number of nitrogens with one attached hydrogen (secondary N) is 1. The van der Waals surface area contributed by atoms with E-state index >= 15 is 0 Å². The Balaban J connectivity index is 1.93. The van der Waals surface area contributed by atoms with Crippen molar-refractivity contribution in [2.45, 2.75) is 45.6 Å². The van der Waals surface area contributed by atoms with Crippen LogP contribution >= 0.6 is 11.5 Å². The fraction of sp³-hybridized carbons (Fsp3) is 0.400. The number of carbonyl (C=O) groups is 3. The maximum Gasteiger partial charge on any atom is 0.272 e. The third kappa shape index (κ3) is 4.56. The molecule has 3 rings (SSSR count). The van der Waals surface area contributed by atoms with Gasteiger partial charge in [-0.15, -0.1) is 0 Å². The van der Waals surface area contributed by atoms with Crippen LogP contribution in [0.25, 0.3) is 0 Å². The van der Waals surface area contributed by atoms with Gasteiger partial charge in [0.05, 0.1) is 5.69 Å². The number of carbonyl (C=O) groups excluding carboxylic acids is 3. The van der Waals surface area contributed by atoms with Gasteiger partial charge in [0.2, 0.25) is 5.91 Å². The van der Waals surface area contributed by atoms with Gasteiger partial charge < -0.3 is 16.8 Å². The lowest BCUT2D eigenvalue weighted by molar-refractivity contribution is -0.120. The zero-order chi connectivity index (χ0) is 21.1. The fourth-order valence-electron chi connectivity index (χ4n) is 3.52. The second-order valence-electron chi connectivity index (χ2n) is 7.37. The van der Waals surface area contributed by atoms with E-state index in [0.29, 0.717) is 5.69 Å². The number of nitrogens with two attached hydrogens (primary N) is 2. The largest absolute Gasteiger partial charge is 0.395 e. The summed E-state index contributed by atoms with van der Waals surface area (Å²) in [4.78, 5) is 39.0. The summed E-state index contributed by atoms with van der Waals surface area (Å²) in [5, 5.41) is 3.01. The molecule has 0 unspecified atom stereocenters. The summed E-state index contributed by atoms with van der Waals surface area (Å²) < 4.78 is 3.91. The Labute approximate surface area is 173 Å². The normalized spacial score (nSPS) is 14.0. The van der Waals surface area contributed by atoms with Gasteiger partial charge in [-0.3, -0.25) is 19.3 Å². The van der Waals surface area contributed by atoms with Crippen molar-refractivity contribution >= 4 is 40.6 Å². The summed E-state index contributed by atoms with van der Waals surface area (Å²) in [5.41, 5.74) is 13.4. The lowest BCUT2D eigenvalue weighted by Crippen LogP contribution is -2.44. The number of hydrogen-bond acceptors (Lipinski definition) is 6. The van der Waals surface area contributed by atoms with Gasteiger partial charge in [0.15, 0.2) is 5.69 Å². The molecule has 3 amide bonds. The summed E-state index contributed by atoms with van der Waals surface area (Å²) in [7, 11) is 0. The van der Waals surface area contributed by atoms with E-state index in [0.717, 1.165) is 48.3 Å². The summed E-state index contributed by atoms with van der Waals surface area (Å²) >= 11 is 0.807. The van der Waals surface area contributed by atoms with E-state index in [4.69, 9.17) is 11.5 Å². The van der Waals surface area contributed by atoms with Gasteiger partial charge in [0, 0.05) is 11.7 Å². The molecule has 1 aromatic heterocycles. The average Bonchev–Trinajstić information content (AvgIpc) is 3.31. The fourth-order valence-corrected chi connectivity index (χ4v) is 4.27. The molecule has 1 aliphatic rings. The smallest absolute Gasteiger partial charge is 0.272 e. The van der Waals surface area contributed by atoms with Crippen LogP contribution in [0, 0.1) is 13.8 Å². The second kappa shape index (κ2) is 8.60. The van der Waals surface area contributed by atoms with E-state index in [-0.39, 0.29) is 34.8 Å². The molecule has 154 valence electrons. The van der Waals surface area contributed by atoms with E-state index in [2.05, 4.69) is 9.69 Å². The van der Waals surface area contributed by atoms with Crippen LogP contribution < -0.4 is 21.7 Å². The van der Waals surface area contributed by atoms with Gasteiger partial charge in [0.1, 0.15) is 11.4 Å². The second-order valence-corrected chi connectivity index (χ2v) is 8.14. The number of aryl methyl sites for hydroxylation is 2. The Morgan fingerprint density at radius 2 is 1.93 bits per heavy atom. The lowest BCUT2D eigenvalue weighted by atomic mass is 10.1. The van der Waals surface area contributed by atoms with Crippen molar-refractivity contribution in [1.82, 2.24) is 9.69 Å². The minimum absolute atomic E-state index is 0.0565. The van der Waals surface area contributed by atoms with Crippen LogP contribution in [0.15, 0.2) is 18.2 Å². The monoisotopic (exact) mass is 415 g/mol. The summed E-state index contributed by atoms with van der Waals surface area (Å²) in [6.45, 7) is 3.63. The molecular formula is C20H25N5O3S. The quantitative estimate of drug-likeness (QED) is 0.665. The van der Waals surface area contributed by atoms with Crippen LogP contribution in [-0.2, 0) is 4.79 Å². The number of rotatable bonds is 6. The van der Waals surface area contributed by atoms with Crippen molar-refractivity contribution in [1.29, 1.82) is 0 Å². The molecular weight excluding hydrogens is 390 g/mol. The SMILES string of the molecule is Cc1ccc(C)c(N(CC(=O)NC2CCCC2)C(=O)c2snc(C(N)=O)c2N)c1. The van der Waals surface area contributed by atoms with Crippen molar-refractivity contribution < 1.29 is 14.4 Å². The lowest BCUT2D eigenvalue weighted by Gasteiger charge is -2.25. The zero-order valence-electron chi connectivity index (χ0n) is 16.5. The number of amides is 3. The van der Waals surface area contributed by atoms with E-state index in [9.17, 15) is 14.4 Å². The van der Waals surface area contributed by atoms with Crippen LogP contribution in [0.5, 0.6) is 0 Å². The number of hydrogen-bond donors (Lipinski definition) is 3. The number of aromatic nitrogens is 1. The van der Waals surface area contributed by atoms with Gasteiger partial charge >= 0.3 is 0 Å². The molecule has 9 heteroatoms. The molecule has 0 aliphatic heterocycles. The molecule has 2 aromatic rings. The molecule has 1 aliphatic carbocycles. The molecule has 0 saturated heterocycles. The van der Waals surface area contributed by atoms with Crippen molar-refractivity contribution in [2.75, 3.05) is 17.2 Å². The van der Waals surface area contributed by atoms with Crippen molar-refractivity contribution in [3.8, 4) is 0 Å². The van der Waals surface area contributed by atoms with Gasteiger partial charge in [0.25, 0.3) is 11.8 Å². The highest BCUT2D eigenvalue weighted by atomic mass is 32.1. The van der Waals surface area contributed by atoms with Crippen molar-refractivity contribution in [3.63, 3.8) is 0 Å². The molecule has 1 aromatic carbocycles. The minimum Gasteiger partial charge on any atom is -0.395 e. The predicted molar refractivity (Wildman–Crippen MR) is 113 cm³/mol. The first kappa shape index (κ1) is 20.8. The maximum absolute atomic E-state index is 13.3. The van der Waals surface area contributed by atoms with Crippen molar-refractivity contribution in [2.24, 2.45) is 5.73 Å². The first-order valence-electron chi connectivity index (χ1n) is 9.51. The molecule has 0 spiro atoms. The Morgan fingerprint density at radius 1 is 1.24 bits per heavy atom. The van der Waals surface area contributed by atoms with Crippen molar-refractivity contribution in [3.05, 3.63) is 39.9 Å². The molecule has 8 nitrogen and oxygen atoms in total. The topological polar surface area (TPSA) is 131 Å². The molecule has 5 N–H and O–H groups in total. The minimum atomic E-state index is -0.796.